The molecule has 0 saturated carbocycles. The highest BCUT2D eigenvalue weighted by atomic mass is 32.1. The molecular weight excluding hydrogens is 171 g/mol. The number of halogens is 1. The number of aliphatic hydroxyl groups is 2. The van der Waals surface area contributed by atoms with Gasteiger partial charge in [0.05, 0.1) is 6.67 Å². The molecule has 0 aliphatic rings. The van der Waals surface area contributed by atoms with E-state index in [2.05, 4.69) is 12.6 Å². The Bertz CT molecular complexity index is 131. The summed E-state index contributed by atoms with van der Waals surface area (Å²) < 4.78 is 11.6. The van der Waals surface area contributed by atoms with Gasteiger partial charge < -0.3 is 10.2 Å². The Balaban J connectivity index is 3.81. The molecule has 0 aliphatic heterocycles. The van der Waals surface area contributed by atoms with Crippen LogP contribution in [0.5, 0.6) is 0 Å². The number of aliphatic hydroxyl groups excluding tert-OH is 2. The van der Waals surface area contributed by atoms with Crippen LogP contribution >= 0.6 is 12.6 Å². The summed E-state index contributed by atoms with van der Waals surface area (Å²) in [5.74, 6) is -0.819. The van der Waals surface area contributed by atoms with Gasteiger partial charge >= 0.3 is 0 Å². The monoisotopic (exact) mass is 182 g/mol. The standard InChI is InChI=1S/C6H11FO3S/c7-2-1-4(8)6(10)5(9)3-11/h4-5,8-9,11H,1-3H2/t4-,5+/m1/s1. The Labute approximate surface area is 69.6 Å². The van der Waals surface area contributed by atoms with E-state index in [9.17, 15) is 9.18 Å². The maximum atomic E-state index is 11.6. The first kappa shape index (κ1) is 10.9. The molecule has 0 rings (SSSR count). The van der Waals surface area contributed by atoms with E-state index in [1.807, 2.05) is 0 Å². The molecule has 0 aromatic rings. The third-order valence-electron chi connectivity index (χ3n) is 1.21. The van der Waals surface area contributed by atoms with Crippen molar-refractivity contribution in [3.8, 4) is 0 Å². The van der Waals surface area contributed by atoms with E-state index in [4.69, 9.17) is 10.2 Å². The summed E-state index contributed by atoms with van der Waals surface area (Å²) in [6.07, 6.45) is -2.95. The third-order valence-corrected chi connectivity index (χ3v) is 1.56. The second-order valence-corrected chi connectivity index (χ2v) is 2.46. The van der Waals surface area contributed by atoms with Crippen LogP contribution in [0.3, 0.4) is 0 Å². The lowest BCUT2D eigenvalue weighted by atomic mass is 10.1. The van der Waals surface area contributed by atoms with Crippen LogP contribution in [-0.2, 0) is 4.79 Å². The SMILES string of the molecule is O=C([C@H](O)CCF)[C@@H](O)CS. The number of ketones is 1. The number of carbonyl (C=O) groups is 1. The number of hydrogen-bond acceptors (Lipinski definition) is 4. The molecule has 0 aromatic carbocycles. The number of rotatable bonds is 5. The molecule has 11 heavy (non-hydrogen) atoms. The molecule has 66 valence electrons. The van der Waals surface area contributed by atoms with Crippen molar-refractivity contribution in [1.29, 1.82) is 0 Å². The van der Waals surface area contributed by atoms with Gasteiger partial charge in [0.25, 0.3) is 0 Å². The molecule has 0 aromatic heterocycles. The van der Waals surface area contributed by atoms with Crippen molar-refractivity contribution in [1.82, 2.24) is 0 Å². The van der Waals surface area contributed by atoms with Crippen molar-refractivity contribution in [2.75, 3.05) is 12.4 Å². The number of carbonyl (C=O) groups excluding carboxylic acids is 1. The molecule has 3 nitrogen and oxygen atoms in total. The Morgan fingerprint density at radius 3 is 2.36 bits per heavy atom. The van der Waals surface area contributed by atoms with Crippen LogP contribution in [0.4, 0.5) is 4.39 Å². The van der Waals surface area contributed by atoms with E-state index in [-0.39, 0.29) is 12.2 Å². The minimum Gasteiger partial charge on any atom is -0.385 e. The van der Waals surface area contributed by atoms with Gasteiger partial charge in [-0.1, -0.05) is 0 Å². The van der Waals surface area contributed by atoms with Crippen LogP contribution in [-0.4, -0.2) is 40.6 Å². The first-order valence-electron chi connectivity index (χ1n) is 3.20. The summed E-state index contributed by atoms with van der Waals surface area (Å²) in [7, 11) is 0. The minimum absolute atomic E-state index is 0.0534. The van der Waals surface area contributed by atoms with Gasteiger partial charge in [0.15, 0.2) is 5.78 Å². The molecular formula is C6H11FO3S. The van der Waals surface area contributed by atoms with Crippen molar-refractivity contribution < 1.29 is 19.4 Å². The number of alkyl halides is 1. The van der Waals surface area contributed by atoms with Crippen molar-refractivity contribution in [2.24, 2.45) is 0 Å². The maximum Gasteiger partial charge on any atom is 0.190 e. The highest BCUT2D eigenvalue weighted by molar-refractivity contribution is 7.80. The molecule has 0 aliphatic carbocycles. The van der Waals surface area contributed by atoms with Gasteiger partial charge in [-0.2, -0.15) is 12.6 Å². The fourth-order valence-electron chi connectivity index (χ4n) is 0.558. The summed E-state index contributed by atoms with van der Waals surface area (Å²) in [6, 6.07) is 0. The molecule has 5 heteroatoms. The number of thiol groups is 1. The fourth-order valence-corrected chi connectivity index (χ4v) is 0.738. The summed E-state index contributed by atoms with van der Waals surface area (Å²) in [5.41, 5.74) is 0. The second kappa shape index (κ2) is 5.51. The van der Waals surface area contributed by atoms with Gasteiger partial charge in [0, 0.05) is 12.2 Å². The average molecular weight is 182 g/mol. The van der Waals surface area contributed by atoms with Crippen LogP contribution in [0.2, 0.25) is 0 Å². The smallest absolute Gasteiger partial charge is 0.190 e. The molecule has 0 unspecified atom stereocenters. The topological polar surface area (TPSA) is 57.5 Å². The van der Waals surface area contributed by atoms with E-state index in [0.29, 0.717) is 0 Å². The number of Topliss-reactive ketones (excluding diaryl/α,β-unsaturated/α-hetero) is 1. The van der Waals surface area contributed by atoms with Crippen LogP contribution in [0.25, 0.3) is 0 Å². The van der Waals surface area contributed by atoms with Crippen LogP contribution in [0.15, 0.2) is 0 Å². The van der Waals surface area contributed by atoms with Gasteiger partial charge in [-0.3, -0.25) is 9.18 Å². The minimum atomic E-state index is -1.40. The molecule has 2 N–H and O–H groups in total. The van der Waals surface area contributed by atoms with Gasteiger partial charge in [-0.05, 0) is 0 Å². The lowest BCUT2D eigenvalue weighted by Gasteiger charge is -2.10. The van der Waals surface area contributed by atoms with E-state index in [0.717, 1.165) is 0 Å². The zero-order valence-corrected chi connectivity index (χ0v) is 6.80. The van der Waals surface area contributed by atoms with E-state index in [1.54, 1.807) is 0 Å². The van der Waals surface area contributed by atoms with Gasteiger partial charge in [0.2, 0.25) is 0 Å². The van der Waals surface area contributed by atoms with Crippen LogP contribution in [0.1, 0.15) is 6.42 Å². The van der Waals surface area contributed by atoms with E-state index >= 15 is 0 Å². The lowest BCUT2D eigenvalue weighted by molar-refractivity contribution is -0.134. The largest absolute Gasteiger partial charge is 0.385 e. The molecule has 2 atom stereocenters. The Morgan fingerprint density at radius 1 is 1.45 bits per heavy atom. The predicted molar refractivity (Wildman–Crippen MR) is 41.5 cm³/mol. The average Bonchev–Trinajstić information content (AvgIpc) is 2.02. The molecule has 0 saturated heterocycles. The first-order valence-corrected chi connectivity index (χ1v) is 3.83. The van der Waals surface area contributed by atoms with Crippen LogP contribution in [0, 0.1) is 0 Å². The number of hydrogen-bond donors (Lipinski definition) is 3. The Kier molecular flexibility index (Phi) is 5.45. The summed E-state index contributed by atoms with van der Waals surface area (Å²) >= 11 is 3.64. The first-order chi connectivity index (χ1) is 5.13. The highest BCUT2D eigenvalue weighted by Gasteiger charge is 2.21. The van der Waals surface area contributed by atoms with Crippen molar-refractivity contribution in [3.05, 3.63) is 0 Å². The predicted octanol–water partition coefficient (Wildman–Crippen LogP) is -0.433. The molecule has 0 heterocycles. The van der Waals surface area contributed by atoms with Gasteiger partial charge in [0.1, 0.15) is 12.2 Å². The quantitative estimate of drug-likeness (QED) is 0.505. The van der Waals surface area contributed by atoms with Crippen molar-refractivity contribution in [3.63, 3.8) is 0 Å². The lowest BCUT2D eigenvalue weighted by Crippen LogP contribution is -2.33. The van der Waals surface area contributed by atoms with Crippen molar-refractivity contribution in [2.45, 2.75) is 18.6 Å². The van der Waals surface area contributed by atoms with E-state index in [1.165, 1.54) is 0 Å². The normalized spacial score (nSPS) is 16.0. The van der Waals surface area contributed by atoms with Gasteiger partial charge in [-0.15, -0.1) is 0 Å². The fraction of sp³-hybridized carbons (Fsp3) is 0.833. The zero-order valence-electron chi connectivity index (χ0n) is 5.90. The molecule has 0 bridgehead atoms. The second-order valence-electron chi connectivity index (χ2n) is 2.09. The Morgan fingerprint density at radius 2 is 2.00 bits per heavy atom. The van der Waals surface area contributed by atoms with E-state index < -0.39 is 24.7 Å². The zero-order chi connectivity index (χ0) is 8.85. The molecule has 0 fully saturated rings. The maximum absolute atomic E-state index is 11.6. The summed E-state index contributed by atoms with van der Waals surface area (Å²) in [4.78, 5) is 10.7. The summed E-state index contributed by atoms with van der Waals surface area (Å²) in [6.45, 7) is -0.772. The molecule has 0 spiro atoms. The van der Waals surface area contributed by atoms with Crippen molar-refractivity contribution >= 4 is 18.4 Å². The highest BCUT2D eigenvalue weighted by Crippen LogP contribution is 1.99. The van der Waals surface area contributed by atoms with Gasteiger partial charge in [-0.25, -0.2) is 0 Å². The van der Waals surface area contributed by atoms with Crippen LogP contribution < -0.4 is 0 Å². The third kappa shape index (κ3) is 3.69. The molecule has 0 radical (unpaired) electrons. The molecule has 0 amide bonds. The summed E-state index contributed by atoms with van der Waals surface area (Å²) in [5, 5.41) is 17.7. The Hall–Kier alpha value is -0.130.